The molecule has 20 heavy (non-hydrogen) atoms. The van der Waals surface area contributed by atoms with Gasteiger partial charge < -0.3 is 9.47 Å². The summed E-state index contributed by atoms with van der Waals surface area (Å²) in [7, 11) is 0. The smallest absolute Gasteiger partial charge is 0.327 e. The number of esters is 2. The zero-order chi connectivity index (χ0) is 15.3. The molecule has 0 aliphatic heterocycles. The fraction of sp³-hybridized carbons (Fsp3) is 0.538. The first-order valence-electron chi connectivity index (χ1n) is 6.11. The molecule has 0 aliphatic rings. The SMILES string of the molecule is CCOC(=O)C(C(=O)OC(C)(C)C)c1cnc(Cl)cn1. The highest BCUT2D eigenvalue weighted by Crippen LogP contribution is 2.21. The van der Waals surface area contributed by atoms with E-state index in [1.807, 2.05) is 0 Å². The number of carbonyl (C=O) groups is 2. The molecule has 0 radical (unpaired) electrons. The van der Waals surface area contributed by atoms with E-state index in [1.165, 1.54) is 12.4 Å². The molecule has 1 atom stereocenters. The summed E-state index contributed by atoms with van der Waals surface area (Å²) in [6.45, 7) is 6.93. The van der Waals surface area contributed by atoms with E-state index in [9.17, 15) is 9.59 Å². The molecule has 1 unspecified atom stereocenters. The third kappa shape index (κ3) is 4.77. The number of aromatic nitrogens is 2. The Balaban J connectivity index is 3.05. The Bertz CT molecular complexity index is 482. The van der Waals surface area contributed by atoms with Crippen molar-refractivity contribution < 1.29 is 19.1 Å². The molecule has 0 aromatic carbocycles. The van der Waals surface area contributed by atoms with E-state index in [0.29, 0.717) is 0 Å². The number of carbonyl (C=O) groups excluding carboxylic acids is 2. The largest absolute Gasteiger partial charge is 0.465 e. The maximum Gasteiger partial charge on any atom is 0.327 e. The summed E-state index contributed by atoms with van der Waals surface area (Å²) in [5, 5.41) is 0.167. The van der Waals surface area contributed by atoms with Crippen LogP contribution in [0, 0.1) is 0 Å². The lowest BCUT2D eigenvalue weighted by Gasteiger charge is -2.22. The summed E-state index contributed by atoms with van der Waals surface area (Å²) in [6.07, 6.45) is 2.52. The molecule has 0 saturated carbocycles. The first-order chi connectivity index (χ1) is 9.24. The Morgan fingerprint density at radius 2 is 1.90 bits per heavy atom. The molecule has 0 N–H and O–H groups in total. The number of rotatable bonds is 4. The second-order valence-corrected chi connectivity index (χ2v) is 5.37. The number of ether oxygens (including phenoxy) is 2. The average molecular weight is 301 g/mol. The molecule has 1 aromatic heterocycles. The van der Waals surface area contributed by atoms with Crippen molar-refractivity contribution >= 4 is 23.5 Å². The van der Waals surface area contributed by atoms with E-state index < -0.39 is 23.5 Å². The van der Waals surface area contributed by atoms with E-state index in [1.54, 1.807) is 27.7 Å². The maximum absolute atomic E-state index is 12.1. The molecule has 0 amide bonds. The van der Waals surface area contributed by atoms with Gasteiger partial charge in [0.05, 0.1) is 24.7 Å². The lowest BCUT2D eigenvalue weighted by Crippen LogP contribution is -2.33. The second kappa shape index (κ2) is 6.65. The van der Waals surface area contributed by atoms with E-state index in [2.05, 4.69) is 9.97 Å². The molecule has 1 rings (SSSR count). The lowest BCUT2D eigenvalue weighted by molar-refractivity contribution is -0.164. The van der Waals surface area contributed by atoms with Crippen molar-refractivity contribution in [1.29, 1.82) is 0 Å². The van der Waals surface area contributed by atoms with Gasteiger partial charge in [-0.3, -0.25) is 14.6 Å². The minimum Gasteiger partial charge on any atom is -0.465 e. The molecule has 0 bridgehead atoms. The molecule has 0 aliphatic carbocycles. The molecule has 1 heterocycles. The van der Waals surface area contributed by atoms with Gasteiger partial charge in [0.1, 0.15) is 10.8 Å². The van der Waals surface area contributed by atoms with Gasteiger partial charge in [-0.15, -0.1) is 0 Å². The Kier molecular flexibility index (Phi) is 5.44. The molecular formula is C13H17ClN2O4. The Hall–Kier alpha value is -1.69. The standard InChI is InChI=1S/C13H17ClN2O4/c1-5-19-11(17)10(12(18)20-13(2,3)4)8-6-16-9(14)7-15-8/h6-7,10H,5H2,1-4H3. The van der Waals surface area contributed by atoms with Crippen LogP contribution in [0.25, 0.3) is 0 Å². The van der Waals surface area contributed by atoms with E-state index in [4.69, 9.17) is 21.1 Å². The first kappa shape index (κ1) is 16.4. The molecule has 6 nitrogen and oxygen atoms in total. The van der Waals surface area contributed by atoms with Gasteiger partial charge in [-0.2, -0.15) is 0 Å². The Morgan fingerprint density at radius 1 is 1.25 bits per heavy atom. The predicted octanol–water partition coefficient (Wildman–Crippen LogP) is 2.12. The van der Waals surface area contributed by atoms with Crippen LogP contribution in [0.1, 0.15) is 39.3 Å². The summed E-state index contributed by atoms with van der Waals surface area (Å²) >= 11 is 5.64. The van der Waals surface area contributed by atoms with E-state index in [-0.39, 0.29) is 17.5 Å². The quantitative estimate of drug-likeness (QED) is 0.626. The van der Waals surface area contributed by atoms with Crippen molar-refractivity contribution in [2.45, 2.75) is 39.2 Å². The van der Waals surface area contributed by atoms with Crippen LogP contribution in [0.3, 0.4) is 0 Å². The van der Waals surface area contributed by atoms with Crippen LogP contribution in [0.2, 0.25) is 5.15 Å². The summed E-state index contributed by atoms with van der Waals surface area (Å²) < 4.78 is 10.1. The van der Waals surface area contributed by atoms with Gasteiger partial charge in [0, 0.05) is 0 Å². The number of nitrogens with zero attached hydrogens (tertiary/aromatic N) is 2. The first-order valence-corrected chi connectivity index (χ1v) is 6.49. The van der Waals surface area contributed by atoms with Crippen LogP contribution in [0.5, 0.6) is 0 Å². The lowest BCUT2D eigenvalue weighted by atomic mass is 10.1. The second-order valence-electron chi connectivity index (χ2n) is 4.98. The topological polar surface area (TPSA) is 78.4 Å². The van der Waals surface area contributed by atoms with Crippen molar-refractivity contribution in [3.05, 3.63) is 23.2 Å². The molecule has 0 fully saturated rings. The predicted molar refractivity (Wildman–Crippen MR) is 72.3 cm³/mol. The molecule has 7 heteroatoms. The monoisotopic (exact) mass is 300 g/mol. The molecular weight excluding hydrogens is 284 g/mol. The van der Waals surface area contributed by atoms with Gasteiger partial charge in [-0.1, -0.05) is 11.6 Å². The van der Waals surface area contributed by atoms with Crippen LogP contribution in [0.15, 0.2) is 12.4 Å². The molecule has 110 valence electrons. The Morgan fingerprint density at radius 3 is 2.35 bits per heavy atom. The van der Waals surface area contributed by atoms with Gasteiger partial charge in [0.15, 0.2) is 5.92 Å². The zero-order valence-corrected chi connectivity index (χ0v) is 12.6. The normalized spacial score (nSPS) is 12.7. The maximum atomic E-state index is 12.1. The minimum absolute atomic E-state index is 0.141. The van der Waals surface area contributed by atoms with Crippen molar-refractivity contribution in [2.75, 3.05) is 6.61 Å². The van der Waals surface area contributed by atoms with Crippen LogP contribution in [0.4, 0.5) is 0 Å². The van der Waals surface area contributed by atoms with Gasteiger partial charge in [-0.05, 0) is 27.7 Å². The van der Waals surface area contributed by atoms with Crippen LogP contribution in [-0.2, 0) is 19.1 Å². The van der Waals surface area contributed by atoms with Gasteiger partial charge in [-0.25, -0.2) is 4.98 Å². The zero-order valence-electron chi connectivity index (χ0n) is 11.8. The summed E-state index contributed by atoms with van der Waals surface area (Å²) in [4.78, 5) is 31.8. The van der Waals surface area contributed by atoms with Crippen molar-refractivity contribution in [3.63, 3.8) is 0 Å². The Labute approximate surface area is 122 Å². The average Bonchev–Trinajstić information content (AvgIpc) is 2.30. The van der Waals surface area contributed by atoms with Crippen molar-refractivity contribution in [2.24, 2.45) is 0 Å². The van der Waals surface area contributed by atoms with E-state index >= 15 is 0 Å². The molecule has 0 spiro atoms. The highest BCUT2D eigenvalue weighted by atomic mass is 35.5. The summed E-state index contributed by atoms with van der Waals surface area (Å²) in [5.41, 5.74) is -0.580. The molecule has 0 saturated heterocycles. The van der Waals surface area contributed by atoms with Crippen molar-refractivity contribution in [3.8, 4) is 0 Å². The highest BCUT2D eigenvalue weighted by molar-refractivity contribution is 6.29. The van der Waals surface area contributed by atoms with Gasteiger partial charge in [0.2, 0.25) is 0 Å². The minimum atomic E-state index is -1.26. The third-order valence-corrected chi connectivity index (χ3v) is 2.30. The fourth-order valence-electron chi connectivity index (χ4n) is 1.40. The molecule has 1 aromatic rings. The van der Waals surface area contributed by atoms with Gasteiger partial charge in [0.25, 0.3) is 0 Å². The highest BCUT2D eigenvalue weighted by Gasteiger charge is 2.35. The fourth-order valence-corrected chi connectivity index (χ4v) is 1.49. The number of hydrogen-bond donors (Lipinski definition) is 0. The summed E-state index contributed by atoms with van der Waals surface area (Å²) in [5.74, 6) is -2.72. The van der Waals surface area contributed by atoms with Crippen LogP contribution < -0.4 is 0 Å². The number of halogens is 1. The van der Waals surface area contributed by atoms with Gasteiger partial charge >= 0.3 is 11.9 Å². The third-order valence-electron chi connectivity index (χ3n) is 2.10. The van der Waals surface area contributed by atoms with Crippen molar-refractivity contribution in [1.82, 2.24) is 9.97 Å². The summed E-state index contributed by atoms with van der Waals surface area (Å²) in [6, 6.07) is 0. The van der Waals surface area contributed by atoms with Crippen LogP contribution in [-0.4, -0.2) is 34.1 Å². The van der Waals surface area contributed by atoms with Crippen LogP contribution >= 0.6 is 11.6 Å². The van der Waals surface area contributed by atoms with E-state index in [0.717, 1.165) is 0 Å². The number of hydrogen-bond acceptors (Lipinski definition) is 6.